The van der Waals surface area contributed by atoms with Crippen LogP contribution < -0.4 is 0 Å². The highest BCUT2D eigenvalue weighted by Gasteiger charge is 2.28. The quantitative estimate of drug-likeness (QED) is 0.366. The Hall–Kier alpha value is -3.05. The number of nitrogens with zero attached hydrogens (tertiary/aromatic N) is 3. The lowest BCUT2D eigenvalue weighted by atomic mass is 10.0. The van der Waals surface area contributed by atoms with Gasteiger partial charge in [0.05, 0.1) is 11.3 Å². The van der Waals surface area contributed by atoms with Crippen LogP contribution in [0.3, 0.4) is 0 Å². The Bertz CT molecular complexity index is 1270. The average molecular weight is 518 g/mol. The van der Waals surface area contributed by atoms with E-state index < -0.39 is 0 Å². The molecular formula is C31H36ClN3O2. The third kappa shape index (κ3) is 5.62. The first-order chi connectivity index (χ1) is 17.9. The van der Waals surface area contributed by atoms with Crippen molar-refractivity contribution in [1.29, 1.82) is 0 Å². The van der Waals surface area contributed by atoms with Crippen LogP contribution in [0.4, 0.5) is 0 Å². The fourth-order valence-corrected chi connectivity index (χ4v) is 6.00. The predicted octanol–water partition coefficient (Wildman–Crippen LogP) is 6.67. The van der Waals surface area contributed by atoms with Gasteiger partial charge in [-0.05, 0) is 67.6 Å². The summed E-state index contributed by atoms with van der Waals surface area (Å²) in [4.78, 5) is 30.4. The fraction of sp³-hybridized carbons (Fsp3) is 0.419. The third-order valence-electron chi connectivity index (χ3n) is 8.04. The van der Waals surface area contributed by atoms with E-state index in [1.807, 2.05) is 53.1 Å². The van der Waals surface area contributed by atoms with Crippen molar-refractivity contribution < 1.29 is 9.59 Å². The zero-order valence-corrected chi connectivity index (χ0v) is 22.6. The Morgan fingerprint density at radius 1 is 0.892 bits per heavy atom. The van der Waals surface area contributed by atoms with Gasteiger partial charge in [0.15, 0.2) is 0 Å². The minimum absolute atomic E-state index is 0.0252. The standard InChI is InChI=1S/C31H36ClN3O2/c1-22-6-5-9-27(20-22)35-23(2)28(21-29(35)25-11-13-26(32)14-12-25)31(37)34-18-16-33(17-19-34)30(36)15-10-24-7-3-4-8-24/h5-6,9,11-14,20-21,24H,3-4,7-8,10,15-19H2,1-2H3. The zero-order valence-electron chi connectivity index (χ0n) is 21.9. The van der Waals surface area contributed by atoms with Gasteiger partial charge in [0, 0.05) is 49.0 Å². The molecule has 5 nitrogen and oxygen atoms in total. The first kappa shape index (κ1) is 25.6. The van der Waals surface area contributed by atoms with Gasteiger partial charge < -0.3 is 14.4 Å². The summed E-state index contributed by atoms with van der Waals surface area (Å²) in [6, 6.07) is 18.1. The second kappa shape index (κ2) is 11.1. The number of carbonyl (C=O) groups is 2. The van der Waals surface area contributed by atoms with Gasteiger partial charge in [-0.2, -0.15) is 0 Å². The molecule has 0 N–H and O–H groups in total. The molecule has 6 heteroatoms. The molecule has 1 aromatic heterocycles. The molecule has 1 saturated carbocycles. The minimum Gasteiger partial charge on any atom is -0.339 e. The lowest BCUT2D eigenvalue weighted by Crippen LogP contribution is -2.50. The summed E-state index contributed by atoms with van der Waals surface area (Å²) in [5.41, 5.74) is 5.77. The highest BCUT2D eigenvalue weighted by Crippen LogP contribution is 2.32. The normalized spacial score (nSPS) is 16.4. The SMILES string of the molecule is Cc1cccc(-n2c(-c3ccc(Cl)cc3)cc(C(=O)N3CCN(C(=O)CCC4CCCC4)CC3)c2C)c1. The van der Waals surface area contributed by atoms with Crippen molar-refractivity contribution in [2.24, 2.45) is 5.92 Å². The van der Waals surface area contributed by atoms with Crippen LogP contribution in [0.25, 0.3) is 16.9 Å². The molecule has 1 aliphatic heterocycles. The number of piperazine rings is 1. The maximum absolute atomic E-state index is 13.7. The number of aryl methyl sites for hydroxylation is 1. The summed E-state index contributed by atoms with van der Waals surface area (Å²) >= 11 is 6.16. The lowest BCUT2D eigenvalue weighted by Gasteiger charge is -2.35. The third-order valence-corrected chi connectivity index (χ3v) is 8.29. The van der Waals surface area contributed by atoms with E-state index in [2.05, 4.69) is 29.7 Å². The molecule has 2 aliphatic rings. The molecule has 37 heavy (non-hydrogen) atoms. The van der Waals surface area contributed by atoms with Crippen molar-refractivity contribution in [3.8, 4) is 16.9 Å². The molecular weight excluding hydrogens is 482 g/mol. The number of aromatic nitrogens is 1. The molecule has 0 unspecified atom stereocenters. The molecule has 2 fully saturated rings. The van der Waals surface area contributed by atoms with Crippen LogP contribution in [0.5, 0.6) is 0 Å². The average Bonchev–Trinajstić information content (AvgIpc) is 3.55. The monoisotopic (exact) mass is 517 g/mol. The Morgan fingerprint density at radius 3 is 2.24 bits per heavy atom. The number of benzene rings is 2. The van der Waals surface area contributed by atoms with Crippen LogP contribution in [0, 0.1) is 19.8 Å². The summed E-state index contributed by atoms with van der Waals surface area (Å²) in [6.45, 7) is 6.44. The molecule has 0 atom stereocenters. The molecule has 1 aliphatic carbocycles. The topological polar surface area (TPSA) is 45.6 Å². The Labute approximate surface area is 225 Å². The van der Waals surface area contributed by atoms with E-state index in [1.54, 1.807) is 0 Å². The molecule has 0 radical (unpaired) electrons. The maximum atomic E-state index is 13.7. The van der Waals surface area contributed by atoms with Crippen molar-refractivity contribution in [2.75, 3.05) is 26.2 Å². The smallest absolute Gasteiger partial charge is 0.255 e. The van der Waals surface area contributed by atoms with Crippen LogP contribution in [0.2, 0.25) is 5.02 Å². The second-order valence-corrected chi connectivity index (χ2v) is 11.0. The molecule has 5 rings (SSSR count). The van der Waals surface area contributed by atoms with E-state index in [1.165, 1.54) is 25.7 Å². The molecule has 1 saturated heterocycles. The van der Waals surface area contributed by atoms with Crippen molar-refractivity contribution in [1.82, 2.24) is 14.4 Å². The maximum Gasteiger partial charge on any atom is 0.255 e. The van der Waals surface area contributed by atoms with E-state index in [0.717, 1.165) is 40.5 Å². The van der Waals surface area contributed by atoms with Gasteiger partial charge in [-0.15, -0.1) is 0 Å². The molecule has 2 amide bonds. The largest absolute Gasteiger partial charge is 0.339 e. The van der Waals surface area contributed by atoms with Gasteiger partial charge >= 0.3 is 0 Å². The Balaban J connectivity index is 1.34. The number of carbonyl (C=O) groups excluding carboxylic acids is 2. The predicted molar refractivity (Wildman–Crippen MR) is 149 cm³/mol. The highest BCUT2D eigenvalue weighted by molar-refractivity contribution is 6.30. The number of rotatable bonds is 6. The molecule has 0 spiro atoms. The fourth-order valence-electron chi connectivity index (χ4n) is 5.87. The van der Waals surface area contributed by atoms with Crippen LogP contribution in [0.1, 0.15) is 60.1 Å². The first-order valence-electron chi connectivity index (χ1n) is 13.5. The van der Waals surface area contributed by atoms with Crippen molar-refractivity contribution >= 4 is 23.4 Å². The summed E-state index contributed by atoms with van der Waals surface area (Å²) in [5, 5.41) is 0.682. The number of amides is 2. The van der Waals surface area contributed by atoms with Crippen LogP contribution in [0.15, 0.2) is 54.6 Å². The van der Waals surface area contributed by atoms with E-state index >= 15 is 0 Å². The zero-order chi connectivity index (χ0) is 25.9. The van der Waals surface area contributed by atoms with E-state index in [9.17, 15) is 9.59 Å². The number of hydrogen-bond donors (Lipinski definition) is 0. The van der Waals surface area contributed by atoms with Crippen molar-refractivity contribution in [2.45, 2.75) is 52.4 Å². The number of hydrogen-bond acceptors (Lipinski definition) is 2. The molecule has 0 bridgehead atoms. The van der Waals surface area contributed by atoms with E-state index in [-0.39, 0.29) is 11.8 Å². The summed E-state index contributed by atoms with van der Waals surface area (Å²) in [5.74, 6) is 0.991. The van der Waals surface area contributed by atoms with Crippen LogP contribution in [-0.2, 0) is 4.79 Å². The van der Waals surface area contributed by atoms with Gasteiger partial charge in [-0.1, -0.05) is 61.5 Å². The molecule has 3 aromatic rings. The van der Waals surface area contributed by atoms with Crippen molar-refractivity contribution in [3.63, 3.8) is 0 Å². The second-order valence-electron chi connectivity index (χ2n) is 10.6. The van der Waals surface area contributed by atoms with Gasteiger partial charge in [0.25, 0.3) is 5.91 Å². The molecule has 2 heterocycles. The Kier molecular flexibility index (Phi) is 7.71. The van der Waals surface area contributed by atoms with Crippen molar-refractivity contribution in [3.05, 3.63) is 76.4 Å². The minimum atomic E-state index is 0.0252. The van der Waals surface area contributed by atoms with E-state index in [0.29, 0.717) is 43.2 Å². The van der Waals surface area contributed by atoms with E-state index in [4.69, 9.17) is 11.6 Å². The highest BCUT2D eigenvalue weighted by atomic mass is 35.5. The summed E-state index contributed by atoms with van der Waals surface area (Å²) < 4.78 is 2.16. The van der Waals surface area contributed by atoms with Crippen LogP contribution >= 0.6 is 11.6 Å². The molecule has 2 aromatic carbocycles. The summed E-state index contributed by atoms with van der Waals surface area (Å²) in [6.07, 6.45) is 6.82. The van der Waals surface area contributed by atoms with Gasteiger partial charge in [0.1, 0.15) is 0 Å². The van der Waals surface area contributed by atoms with Gasteiger partial charge in [-0.25, -0.2) is 0 Å². The van der Waals surface area contributed by atoms with Crippen LogP contribution in [-0.4, -0.2) is 52.4 Å². The number of halogens is 1. The lowest BCUT2D eigenvalue weighted by molar-refractivity contribution is -0.133. The van der Waals surface area contributed by atoms with Gasteiger partial charge in [-0.3, -0.25) is 9.59 Å². The summed E-state index contributed by atoms with van der Waals surface area (Å²) in [7, 11) is 0. The molecule has 194 valence electrons. The first-order valence-corrected chi connectivity index (χ1v) is 13.9. The Morgan fingerprint density at radius 2 is 1.57 bits per heavy atom. The van der Waals surface area contributed by atoms with Gasteiger partial charge in [0.2, 0.25) is 5.91 Å².